The molecule has 0 fully saturated rings. The zero-order chi connectivity index (χ0) is 22.3. The molecule has 164 valence electrons. The molecule has 6 nitrogen and oxygen atoms in total. The Bertz CT molecular complexity index is 1060. The summed E-state index contributed by atoms with van der Waals surface area (Å²) in [5.74, 6) is 0.915. The lowest BCUT2D eigenvalue weighted by Crippen LogP contribution is -2.51. The van der Waals surface area contributed by atoms with Crippen LogP contribution in [0.1, 0.15) is 15.9 Å². The van der Waals surface area contributed by atoms with Crippen LogP contribution in [0.2, 0.25) is 0 Å². The van der Waals surface area contributed by atoms with Gasteiger partial charge < -0.3 is 19.7 Å². The lowest BCUT2D eigenvalue weighted by Gasteiger charge is -2.31. The average molecular weight is 431 g/mol. The molecule has 1 aliphatic heterocycles. The number of benzene rings is 3. The molecule has 3 aromatic rings. The van der Waals surface area contributed by atoms with Gasteiger partial charge >= 0.3 is 0 Å². The minimum atomic E-state index is -0.702. The van der Waals surface area contributed by atoms with Gasteiger partial charge in [0.25, 0.3) is 5.91 Å². The van der Waals surface area contributed by atoms with Gasteiger partial charge in [0.05, 0.1) is 6.54 Å². The van der Waals surface area contributed by atoms with E-state index in [9.17, 15) is 9.59 Å². The molecule has 0 radical (unpaired) electrons. The van der Waals surface area contributed by atoms with Crippen LogP contribution in [0.4, 0.5) is 0 Å². The summed E-state index contributed by atoms with van der Waals surface area (Å²) >= 11 is 0. The molecule has 0 spiro atoms. The maximum Gasteiger partial charge on any atom is 0.251 e. The highest BCUT2D eigenvalue weighted by molar-refractivity contribution is 5.97. The van der Waals surface area contributed by atoms with Crippen molar-refractivity contribution in [3.8, 4) is 11.5 Å². The predicted molar refractivity (Wildman–Crippen MR) is 122 cm³/mol. The summed E-state index contributed by atoms with van der Waals surface area (Å²) in [5, 5.41) is 2.91. The Balaban J connectivity index is 1.45. The zero-order valence-electron chi connectivity index (χ0n) is 17.9. The Labute approximate surface area is 187 Å². The van der Waals surface area contributed by atoms with Crippen molar-refractivity contribution in [3.63, 3.8) is 0 Å². The quantitative estimate of drug-likeness (QED) is 0.624. The van der Waals surface area contributed by atoms with Gasteiger partial charge in [-0.25, -0.2) is 0 Å². The van der Waals surface area contributed by atoms with Gasteiger partial charge in [-0.15, -0.1) is 0 Å². The van der Waals surface area contributed by atoms with Gasteiger partial charge in [-0.3, -0.25) is 9.59 Å². The molecular weight excluding hydrogens is 404 g/mol. The lowest BCUT2D eigenvalue weighted by molar-refractivity contribution is -0.133. The number of rotatable bonds is 7. The van der Waals surface area contributed by atoms with E-state index in [-0.39, 0.29) is 17.9 Å². The molecule has 0 aliphatic carbocycles. The van der Waals surface area contributed by atoms with Crippen LogP contribution in [-0.2, 0) is 11.2 Å². The second-order valence-corrected chi connectivity index (χ2v) is 7.80. The Morgan fingerprint density at radius 2 is 1.56 bits per heavy atom. The number of para-hydroxylation sites is 2. The maximum absolute atomic E-state index is 13.3. The number of fused-ring (bicyclic) bond motifs is 1. The summed E-state index contributed by atoms with van der Waals surface area (Å²) in [6.45, 7) is 0.702. The van der Waals surface area contributed by atoms with Gasteiger partial charge in [-0.1, -0.05) is 60.7 Å². The monoisotopic (exact) mass is 430 g/mol. The fraction of sp³-hybridized carbons (Fsp3) is 0.231. The molecule has 4 rings (SSSR count). The number of nitrogens with zero attached hydrogens (tertiary/aromatic N) is 1. The van der Waals surface area contributed by atoms with Crippen LogP contribution in [0.5, 0.6) is 11.5 Å². The van der Waals surface area contributed by atoms with Crippen molar-refractivity contribution in [2.75, 3.05) is 20.2 Å². The topological polar surface area (TPSA) is 67.9 Å². The summed E-state index contributed by atoms with van der Waals surface area (Å²) in [5.41, 5.74) is 1.49. The fourth-order valence-electron chi connectivity index (χ4n) is 3.70. The van der Waals surface area contributed by atoms with Gasteiger partial charge in [0.15, 0.2) is 17.6 Å². The van der Waals surface area contributed by atoms with E-state index < -0.39 is 6.04 Å². The summed E-state index contributed by atoms with van der Waals surface area (Å²) < 4.78 is 11.8. The number of amides is 2. The van der Waals surface area contributed by atoms with Gasteiger partial charge in [0.2, 0.25) is 5.91 Å². The highest BCUT2D eigenvalue weighted by Gasteiger charge is 2.29. The second-order valence-electron chi connectivity index (χ2n) is 7.80. The van der Waals surface area contributed by atoms with Crippen LogP contribution in [0, 0.1) is 0 Å². The molecule has 6 heteroatoms. The number of likely N-dealkylation sites (N-methyl/N-ethyl adjacent to an activating group) is 1. The Morgan fingerprint density at radius 1 is 0.938 bits per heavy atom. The number of carbonyl (C=O) groups is 2. The van der Waals surface area contributed by atoms with E-state index in [4.69, 9.17) is 9.47 Å². The average Bonchev–Trinajstić information content (AvgIpc) is 2.84. The van der Waals surface area contributed by atoms with Gasteiger partial charge in [0, 0.05) is 19.0 Å². The van der Waals surface area contributed by atoms with Crippen molar-refractivity contribution >= 4 is 11.8 Å². The molecule has 0 bridgehead atoms. The number of carbonyl (C=O) groups excluding carboxylic acids is 2. The van der Waals surface area contributed by atoms with E-state index in [0.717, 1.165) is 5.56 Å². The molecule has 2 atom stereocenters. The first-order chi connectivity index (χ1) is 15.6. The van der Waals surface area contributed by atoms with Crippen LogP contribution < -0.4 is 14.8 Å². The third-order valence-corrected chi connectivity index (χ3v) is 5.34. The molecule has 2 amide bonds. The van der Waals surface area contributed by atoms with Crippen molar-refractivity contribution in [3.05, 3.63) is 96.1 Å². The molecule has 1 N–H and O–H groups in total. The van der Waals surface area contributed by atoms with Crippen molar-refractivity contribution in [1.29, 1.82) is 0 Å². The normalized spacial score (nSPS) is 15.5. The highest BCUT2D eigenvalue weighted by atomic mass is 16.6. The number of hydrogen-bond acceptors (Lipinski definition) is 4. The van der Waals surface area contributed by atoms with Gasteiger partial charge in [0.1, 0.15) is 12.6 Å². The first-order valence-corrected chi connectivity index (χ1v) is 10.6. The minimum Gasteiger partial charge on any atom is -0.486 e. The summed E-state index contributed by atoms with van der Waals surface area (Å²) in [4.78, 5) is 27.7. The van der Waals surface area contributed by atoms with E-state index >= 15 is 0 Å². The van der Waals surface area contributed by atoms with Crippen molar-refractivity contribution in [1.82, 2.24) is 10.2 Å². The summed E-state index contributed by atoms with van der Waals surface area (Å²) in [6.07, 6.45) is 0.106. The molecule has 32 heavy (non-hydrogen) atoms. The Hall–Kier alpha value is -3.80. The Morgan fingerprint density at radius 3 is 2.28 bits per heavy atom. The lowest BCUT2D eigenvalue weighted by atomic mass is 10.0. The fourth-order valence-corrected chi connectivity index (χ4v) is 3.70. The van der Waals surface area contributed by atoms with Crippen LogP contribution in [0.15, 0.2) is 84.9 Å². The zero-order valence-corrected chi connectivity index (χ0v) is 17.9. The van der Waals surface area contributed by atoms with Gasteiger partial charge in [-0.2, -0.15) is 0 Å². The molecule has 1 heterocycles. The number of hydrogen-bond donors (Lipinski definition) is 1. The van der Waals surface area contributed by atoms with E-state index in [1.54, 1.807) is 36.2 Å². The van der Waals surface area contributed by atoms with Crippen molar-refractivity contribution < 1.29 is 19.1 Å². The maximum atomic E-state index is 13.3. The van der Waals surface area contributed by atoms with Crippen LogP contribution in [0.3, 0.4) is 0 Å². The molecular formula is C26H26N2O4. The first kappa shape index (κ1) is 21.4. The molecule has 0 aromatic heterocycles. The number of nitrogens with one attached hydrogen (secondary N) is 1. The molecule has 3 aromatic carbocycles. The summed E-state index contributed by atoms with van der Waals surface area (Å²) in [6, 6.07) is 25.3. The predicted octanol–water partition coefficient (Wildman–Crippen LogP) is 3.33. The smallest absolute Gasteiger partial charge is 0.251 e. The summed E-state index contributed by atoms with van der Waals surface area (Å²) in [7, 11) is 1.72. The largest absolute Gasteiger partial charge is 0.486 e. The highest BCUT2D eigenvalue weighted by Crippen LogP contribution is 2.31. The van der Waals surface area contributed by atoms with E-state index in [0.29, 0.717) is 36.6 Å². The minimum absolute atomic E-state index is 0.180. The van der Waals surface area contributed by atoms with Crippen LogP contribution in [-0.4, -0.2) is 49.1 Å². The number of ether oxygens (including phenoxy) is 2. The first-order valence-electron chi connectivity index (χ1n) is 10.6. The van der Waals surface area contributed by atoms with E-state index in [1.165, 1.54) is 0 Å². The van der Waals surface area contributed by atoms with Crippen LogP contribution in [0.25, 0.3) is 0 Å². The third kappa shape index (κ3) is 5.27. The van der Waals surface area contributed by atoms with Crippen molar-refractivity contribution in [2.45, 2.75) is 18.6 Å². The van der Waals surface area contributed by atoms with E-state index in [1.807, 2.05) is 60.7 Å². The molecule has 0 unspecified atom stereocenters. The second kappa shape index (κ2) is 10.0. The SMILES string of the molecule is CN(C[C@@H]1COc2ccccc2O1)C(=O)[C@H](Cc1ccccc1)NC(=O)c1ccccc1. The molecule has 1 aliphatic rings. The van der Waals surface area contributed by atoms with Crippen molar-refractivity contribution in [2.24, 2.45) is 0 Å². The van der Waals surface area contributed by atoms with Gasteiger partial charge in [-0.05, 0) is 29.8 Å². The molecule has 0 saturated heterocycles. The Kier molecular flexibility index (Phi) is 6.70. The van der Waals surface area contributed by atoms with Crippen LogP contribution >= 0.6 is 0 Å². The molecule has 0 saturated carbocycles. The van der Waals surface area contributed by atoms with E-state index in [2.05, 4.69) is 5.32 Å². The standard InChI is InChI=1S/C26H26N2O4/c1-28(17-21-18-31-23-14-8-9-15-24(23)32-21)26(30)22(16-19-10-4-2-5-11-19)27-25(29)20-12-6-3-7-13-20/h2-15,21-22H,16-18H2,1H3,(H,27,29)/t21-,22+/m1/s1. The third-order valence-electron chi connectivity index (χ3n) is 5.34.